The fraction of sp³-hybridized carbons (Fsp3) is 0.750. The molecule has 0 bridgehead atoms. The van der Waals surface area contributed by atoms with E-state index in [4.69, 9.17) is 9.68 Å². The van der Waals surface area contributed by atoms with Crippen LogP contribution in [0.1, 0.15) is 12.8 Å². The first kappa shape index (κ1) is 20.6. The Morgan fingerprint density at radius 1 is 0.682 bits per heavy atom. The number of hydrogen-bond donors (Lipinski definition) is 0. The number of oxime groups is 2. The Balaban J connectivity index is 3.49. The van der Waals surface area contributed by atoms with Crippen LogP contribution in [0.3, 0.4) is 0 Å². The second kappa shape index (κ2) is 11.2. The van der Waals surface area contributed by atoms with Gasteiger partial charge in [0.2, 0.25) is 0 Å². The molecule has 0 aliphatic heterocycles. The third-order valence-corrected chi connectivity index (χ3v) is 2.68. The van der Waals surface area contributed by atoms with E-state index in [1.54, 1.807) is 24.6 Å². The van der Waals surface area contributed by atoms with Crippen LogP contribution in [0.15, 0.2) is 22.5 Å². The van der Waals surface area contributed by atoms with Gasteiger partial charge in [-0.1, -0.05) is 10.3 Å². The lowest BCUT2D eigenvalue weighted by atomic mass is 10.4. The van der Waals surface area contributed by atoms with E-state index < -0.39 is 0 Å². The lowest BCUT2D eigenvalue weighted by molar-refractivity contribution is -0.870. The average molecular weight is 314 g/mol. The molecule has 0 rings (SSSR count). The first-order valence-corrected chi connectivity index (χ1v) is 7.77. The van der Waals surface area contributed by atoms with Gasteiger partial charge in [-0.15, -0.1) is 0 Å². The van der Waals surface area contributed by atoms with Gasteiger partial charge in [-0.3, -0.25) is 0 Å². The largest absolute Gasteiger partial charge is 0.396 e. The average Bonchev–Trinajstić information content (AvgIpc) is 2.36. The zero-order chi connectivity index (χ0) is 16.9. The Hall–Kier alpha value is -1.40. The van der Waals surface area contributed by atoms with Crippen LogP contribution in [0.4, 0.5) is 0 Å². The Kier molecular flexibility index (Phi) is 10.5. The molecule has 22 heavy (non-hydrogen) atoms. The molecule has 0 heterocycles. The summed E-state index contributed by atoms with van der Waals surface area (Å²) in [5, 5.41) is 7.68. The van der Waals surface area contributed by atoms with Gasteiger partial charge in [-0.2, -0.15) is 0 Å². The maximum absolute atomic E-state index is 5.15. The number of rotatable bonds is 12. The molecule has 0 aromatic heterocycles. The monoisotopic (exact) mass is 314 g/mol. The minimum atomic E-state index is 0.642. The van der Waals surface area contributed by atoms with E-state index in [-0.39, 0.29) is 0 Å². The molecule has 0 aliphatic carbocycles. The summed E-state index contributed by atoms with van der Waals surface area (Å²) in [5.41, 5.74) is 0. The third kappa shape index (κ3) is 18.6. The van der Waals surface area contributed by atoms with E-state index in [0.717, 1.165) is 34.9 Å². The summed E-state index contributed by atoms with van der Waals surface area (Å²) in [7, 11) is 13.0. The quantitative estimate of drug-likeness (QED) is 0.238. The standard InChI is InChI=1S/C16H34N4O2/c1-19(2,3)13-9-15-21-17-11-7-8-12-18-22-16-10-14-20(4,5)6/h7-8,11-12H,9-10,13-16H2,1-6H3/q+2/b8-7+,17-11+,18-12+. The summed E-state index contributed by atoms with van der Waals surface area (Å²) >= 11 is 0. The highest BCUT2D eigenvalue weighted by Gasteiger charge is 2.05. The zero-order valence-corrected chi connectivity index (χ0v) is 15.2. The van der Waals surface area contributed by atoms with Gasteiger partial charge in [0.05, 0.1) is 67.8 Å². The maximum atomic E-state index is 5.15. The van der Waals surface area contributed by atoms with Crippen LogP contribution in [-0.2, 0) is 9.68 Å². The van der Waals surface area contributed by atoms with E-state index in [0.29, 0.717) is 13.2 Å². The van der Waals surface area contributed by atoms with Crippen molar-refractivity contribution in [1.29, 1.82) is 0 Å². The molecule has 0 radical (unpaired) electrons. The molecule has 0 aliphatic rings. The molecule has 0 saturated carbocycles. The normalized spacial score (nSPS) is 13.5. The SMILES string of the molecule is C[N+](C)(C)CCCO/N=C/C=C/C=N/OCCC[N+](C)(C)C. The van der Waals surface area contributed by atoms with Crippen molar-refractivity contribution >= 4 is 12.4 Å². The van der Waals surface area contributed by atoms with Crippen LogP contribution >= 0.6 is 0 Å². The maximum Gasteiger partial charge on any atom is 0.122 e. The van der Waals surface area contributed by atoms with Crippen molar-refractivity contribution in [1.82, 2.24) is 0 Å². The molecule has 0 fully saturated rings. The summed E-state index contributed by atoms with van der Waals surface area (Å²) in [6, 6.07) is 0. The van der Waals surface area contributed by atoms with Gasteiger partial charge >= 0.3 is 0 Å². The number of nitrogens with zero attached hydrogens (tertiary/aromatic N) is 4. The molecule has 6 nitrogen and oxygen atoms in total. The van der Waals surface area contributed by atoms with Crippen molar-refractivity contribution in [3.05, 3.63) is 12.2 Å². The van der Waals surface area contributed by atoms with E-state index in [1.807, 2.05) is 0 Å². The lowest BCUT2D eigenvalue weighted by Crippen LogP contribution is -2.35. The number of hydrogen-bond acceptors (Lipinski definition) is 4. The van der Waals surface area contributed by atoms with Crippen LogP contribution in [0.5, 0.6) is 0 Å². The highest BCUT2D eigenvalue weighted by Crippen LogP contribution is 1.94. The fourth-order valence-electron chi connectivity index (χ4n) is 1.57. The van der Waals surface area contributed by atoms with Crippen LogP contribution in [0.2, 0.25) is 0 Å². The summed E-state index contributed by atoms with van der Waals surface area (Å²) in [6.07, 6.45) is 8.72. The van der Waals surface area contributed by atoms with E-state index in [9.17, 15) is 0 Å². The molecule has 0 aromatic carbocycles. The summed E-state index contributed by atoms with van der Waals surface area (Å²) in [6.45, 7) is 3.43. The number of allylic oxidation sites excluding steroid dienone is 2. The van der Waals surface area contributed by atoms with Crippen LogP contribution in [0, 0.1) is 0 Å². The van der Waals surface area contributed by atoms with Crippen LogP contribution in [-0.4, -0.2) is 90.0 Å². The minimum Gasteiger partial charge on any atom is -0.396 e. The first-order chi connectivity index (χ1) is 10.2. The second-order valence-corrected chi connectivity index (χ2v) is 7.30. The number of quaternary nitrogens is 2. The minimum absolute atomic E-state index is 0.642. The fourth-order valence-corrected chi connectivity index (χ4v) is 1.57. The Bertz CT molecular complexity index is 318. The molecule has 0 spiro atoms. The van der Waals surface area contributed by atoms with Gasteiger partial charge in [0.15, 0.2) is 0 Å². The summed E-state index contributed by atoms with van der Waals surface area (Å²) < 4.78 is 1.89. The van der Waals surface area contributed by atoms with E-state index >= 15 is 0 Å². The Morgan fingerprint density at radius 3 is 1.36 bits per heavy atom. The molecule has 0 N–H and O–H groups in total. The molecule has 0 atom stereocenters. The van der Waals surface area contributed by atoms with E-state index in [2.05, 4.69) is 52.6 Å². The smallest absolute Gasteiger partial charge is 0.122 e. The molecule has 0 unspecified atom stereocenters. The van der Waals surface area contributed by atoms with Gasteiger partial charge in [0, 0.05) is 12.8 Å². The van der Waals surface area contributed by atoms with Crippen molar-refractivity contribution in [3.8, 4) is 0 Å². The second-order valence-electron chi connectivity index (χ2n) is 7.30. The zero-order valence-electron chi connectivity index (χ0n) is 15.2. The van der Waals surface area contributed by atoms with Gasteiger partial charge < -0.3 is 18.6 Å². The predicted molar refractivity (Wildman–Crippen MR) is 93.1 cm³/mol. The summed E-state index contributed by atoms with van der Waals surface area (Å²) in [5.74, 6) is 0. The van der Waals surface area contributed by atoms with Gasteiger partial charge in [0.1, 0.15) is 13.2 Å². The van der Waals surface area contributed by atoms with Gasteiger partial charge in [-0.05, 0) is 12.2 Å². The van der Waals surface area contributed by atoms with Crippen molar-refractivity contribution in [2.24, 2.45) is 10.3 Å². The van der Waals surface area contributed by atoms with Gasteiger partial charge in [-0.25, -0.2) is 0 Å². The Labute approximate surface area is 135 Å². The highest BCUT2D eigenvalue weighted by molar-refractivity contribution is 5.80. The third-order valence-electron chi connectivity index (χ3n) is 2.68. The predicted octanol–water partition coefficient (Wildman–Crippen LogP) is 1.74. The highest BCUT2D eigenvalue weighted by atomic mass is 16.6. The molecule has 0 aromatic rings. The van der Waals surface area contributed by atoms with Crippen LogP contribution in [0.25, 0.3) is 0 Å². The molecule has 6 heteroatoms. The Morgan fingerprint density at radius 2 is 1.05 bits per heavy atom. The first-order valence-electron chi connectivity index (χ1n) is 7.77. The van der Waals surface area contributed by atoms with Crippen molar-refractivity contribution in [2.75, 3.05) is 68.6 Å². The lowest BCUT2D eigenvalue weighted by Gasteiger charge is -2.23. The molecular formula is C16H34N4O2+2. The van der Waals surface area contributed by atoms with Crippen molar-refractivity contribution in [2.45, 2.75) is 12.8 Å². The molecule has 0 saturated heterocycles. The topological polar surface area (TPSA) is 43.2 Å². The molecule has 128 valence electrons. The van der Waals surface area contributed by atoms with E-state index in [1.165, 1.54) is 0 Å². The molecule has 0 amide bonds. The summed E-state index contributed by atoms with van der Waals surface area (Å²) in [4.78, 5) is 10.3. The van der Waals surface area contributed by atoms with Crippen LogP contribution < -0.4 is 0 Å². The van der Waals surface area contributed by atoms with Crippen molar-refractivity contribution < 1.29 is 18.6 Å². The molecular weight excluding hydrogens is 280 g/mol. The van der Waals surface area contributed by atoms with Crippen molar-refractivity contribution in [3.63, 3.8) is 0 Å². The van der Waals surface area contributed by atoms with Gasteiger partial charge in [0.25, 0.3) is 0 Å².